The topological polar surface area (TPSA) is 68.6 Å². The Bertz CT molecular complexity index is 974. The molecule has 1 aromatic heterocycles. The van der Waals surface area contributed by atoms with Crippen molar-refractivity contribution in [1.29, 1.82) is 0 Å². The van der Waals surface area contributed by atoms with E-state index in [0.717, 1.165) is 28.7 Å². The van der Waals surface area contributed by atoms with Crippen LogP contribution in [-0.2, 0) is 9.53 Å². The summed E-state index contributed by atoms with van der Waals surface area (Å²) in [5.41, 5.74) is 3.77. The molecule has 27 heavy (non-hydrogen) atoms. The molecule has 0 unspecified atom stereocenters. The molecule has 0 bridgehead atoms. The second-order valence-electron chi connectivity index (χ2n) is 6.10. The van der Waals surface area contributed by atoms with Gasteiger partial charge in [-0.1, -0.05) is 12.1 Å². The lowest BCUT2D eigenvalue weighted by Gasteiger charge is -2.13. The maximum atomic E-state index is 12.4. The van der Waals surface area contributed by atoms with E-state index in [9.17, 15) is 14.4 Å². The number of nitrogens with zero attached hydrogens (tertiary/aromatic N) is 2. The molecule has 1 aromatic carbocycles. The molecular weight excluding hydrogens is 364 g/mol. The quantitative estimate of drug-likeness (QED) is 0.590. The number of thioether (sulfide) groups is 1. The molecule has 0 aliphatic carbocycles. The number of ether oxygens (including phenoxy) is 1. The zero-order chi connectivity index (χ0) is 19.7. The second kappa shape index (κ2) is 7.44. The van der Waals surface area contributed by atoms with Gasteiger partial charge in [-0.05, 0) is 62.4 Å². The van der Waals surface area contributed by atoms with Crippen LogP contribution in [0.25, 0.3) is 11.8 Å². The Hall–Kier alpha value is -2.80. The Morgan fingerprint density at radius 1 is 1.22 bits per heavy atom. The predicted octanol–water partition coefficient (Wildman–Crippen LogP) is 3.94. The standard InChI is InChI=1S/C20H20N2O4S/c1-5-21-18(23)17(27-20(21)25)11-14-10-12(2)22(13(14)3)16-9-7-6-8-15(16)19(24)26-4/h6-11H,5H2,1-4H3. The molecule has 140 valence electrons. The van der Waals surface area contributed by atoms with Gasteiger partial charge in [0.15, 0.2) is 0 Å². The molecule has 1 fully saturated rings. The van der Waals surface area contributed by atoms with Gasteiger partial charge >= 0.3 is 5.97 Å². The van der Waals surface area contributed by atoms with Gasteiger partial charge in [0, 0.05) is 17.9 Å². The molecule has 7 heteroatoms. The van der Waals surface area contributed by atoms with E-state index in [1.807, 2.05) is 36.6 Å². The van der Waals surface area contributed by atoms with Crippen molar-refractivity contribution in [1.82, 2.24) is 9.47 Å². The fourth-order valence-electron chi connectivity index (χ4n) is 3.17. The maximum Gasteiger partial charge on any atom is 0.339 e. The maximum absolute atomic E-state index is 12.4. The first-order valence-corrected chi connectivity index (χ1v) is 9.32. The van der Waals surface area contributed by atoms with Crippen molar-refractivity contribution < 1.29 is 19.1 Å². The summed E-state index contributed by atoms with van der Waals surface area (Å²) < 4.78 is 6.83. The second-order valence-corrected chi connectivity index (χ2v) is 7.09. The van der Waals surface area contributed by atoms with Gasteiger partial charge in [-0.15, -0.1) is 0 Å². The molecule has 3 rings (SSSR count). The van der Waals surface area contributed by atoms with E-state index in [0.29, 0.717) is 22.7 Å². The lowest BCUT2D eigenvalue weighted by molar-refractivity contribution is -0.122. The lowest BCUT2D eigenvalue weighted by Crippen LogP contribution is -2.27. The van der Waals surface area contributed by atoms with Crippen LogP contribution in [0.15, 0.2) is 35.2 Å². The number of aromatic nitrogens is 1. The molecule has 0 N–H and O–H groups in total. The zero-order valence-electron chi connectivity index (χ0n) is 15.6. The van der Waals surface area contributed by atoms with Crippen LogP contribution < -0.4 is 0 Å². The largest absolute Gasteiger partial charge is 0.465 e. The van der Waals surface area contributed by atoms with Crippen LogP contribution in [0.2, 0.25) is 0 Å². The minimum absolute atomic E-state index is 0.251. The molecular formula is C20H20N2O4S. The summed E-state index contributed by atoms with van der Waals surface area (Å²) >= 11 is 0.948. The highest BCUT2D eigenvalue weighted by molar-refractivity contribution is 8.18. The number of carbonyl (C=O) groups is 3. The van der Waals surface area contributed by atoms with Crippen molar-refractivity contribution in [3.63, 3.8) is 0 Å². The molecule has 0 radical (unpaired) electrons. The Kier molecular flexibility index (Phi) is 5.23. The van der Waals surface area contributed by atoms with Crippen LogP contribution in [0, 0.1) is 13.8 Å². The highest BCUT2D eigenvalue weighted by Crippen LogP contribution is 2.33. The van der Waals surface area contributed by atoms with Crippen molar-refractivity contribution >= 4 is 35.0 Å². The Labute approximate surface area is 161 Å². The number of rotatable bonds is 4. The van der Waals surface area contributed by atoms with Crippen LogP contribution in [0.4, 0.5) is 4.79 Å². The van der Waals surface area contributed by atoms with Gasteiger partial charge in [0.1, 0.15) is 0 Å². The molecule has 1 aliphatic heterocycles. The summed E-state index contributed by atoms with van der Waals surface area (Å²) in [5.74, 6) is -0.684. The number of benzene rings is 1. The number of hydrogen-bond donors (Lipinski definition) is 0. The predicted molar refractivity (Wildman–Crippen MR) is 105 cm³/mol. The number of imide groups is 1. The first kappa shape index (κ1) is 19.0. The van der Waals surface area contributed by atoms with Crippen molar-refractivity contribution in [3.05, 3.63) is 57.8 Å². The van der Waals surface area contributed by atoms with Gasteiger partial charge in [0.05, 0.1) is 23.3 Å². The van der Waals surface area contributed by atoms with E-state index >= 15 is 0 Å². The SMILES string of the molecule is CCN1C(=O)SC(=Cc2cc(C)n(-c3ccccc3C(=O)OC)c2C)C1=O. The van der Waals surface area contributed by atoms with Crippen LogP contribution in [0.3, 0.4) is 0 Å². The number of amides is 2. The normalized spacial score (nSPS) is 15.7. The first-order chi connectivity index (χ1) is 12.9. The van der Waals surface area contributed by atoms with Crippen molar-refractivity contribution in [2.24, 2.45) is 0 Å². The van der Waals surface area contributed by atoms with E-state index < -0.39 is 5.97 Å². The molecule has 1 aliphatic rings. The third kappa shape index (κ3) is 3.30. The first-order valence-electron chi connectivity index (χ1n) is 8.51. The van der Waals surface area contributed by atoms with Crippen molar-refractivity contribution in [3.8, 4) is 5.69 Å². The fraction of sp³-hybridized carbons (Fsp3) is 0.250. The summed E-state index contributed by atoms with van der Waals surface area (Å²) in [4.78, 5) is 38.0. The Morgan fingerprint density at radius 3 is 2.56 bits per heavy atom. The average Bonchev–Trinajstić information content (AvgIpc) is 3.09. The third-order valence-electron chi connectivity index (χ3n) is 4.50. The van der Waals surface area contributed by atoms with Crippen LogP contribution in [0.5, 0.6) is 0 Å². The van der Waals surface area contributed by atoms with E-state index in [1.165, 1.54) is 12.0 Å². The van der Waals surface area contributed by atoms with Gasteiger partial charge in [-0.25, -0.2) is 4.79 Å². The minimum atomic E-state index is -0.413. The number of carbonyl (C=O) groups excluding carboxylic acids is 3. The molecule has 6 nitrogen and oxygen atoms in total. The monoisotopic (exact) mass is 384 g/mol. The summed E-state index contributed by atoms with van der Waals surface area (Å²) in [7, 11) is 1.35. The number of para-hydroxylation sites is 1. The van der Waals surface area contributed by atoms with Crippen molar-refractivity contribution in [2.45, 2.75) is 20.8 Å². The summed E-state index contributed by atoms with van der Waals surface area (Å²) in [6.45, 7) is 5.97. The van der Waals surface area contributed by atoms with E-state index in [2.05, 4.69) is 0 Å². The molecule has 1 saturated heterocycles. The summed E-state index contributed by atoms with van der Waals surface area (Å²) in [6, 6.07) is 9.13. The number of esters is 1. The van der Waals surface area contributed by atoms with Crippen LogP contribution >= 0.6 is 11.8 Å². The number of aryl methyl sites for hydroxylation is 1. The summed E-state index contributed by atoms with van der Waals surface area (Å²) in [6.07, 6.45) is 1.74. The van der Waals surface area contributed by atoms with Gasteiger partial charge in [0.25, 0.3) is 11.1 Å². The van der Waals surface area contributed by atoms with Gasteiger partial charge in [-0.3, -0.25) is 14.5 Å². The van der Waals surface area contributed by atoms with Gasteiger partial charge in [-0.2, -0.15) is 0 Å². The molecule has 2 amide bonds. The molecule has 2 aromatic rings. The zero-order valence-corrected chi connectivity index (χ0v) is 16.4. The van der Waals surface area contributed by atoms with E-state index in [1.54, 1.807) is 25.1 Å². The van der Waals surface area contributed by atoms with E-state index in [-0.39, 0.29) is 11.1 Å². The van der Waals surface area contributed by atoms with Crippen LogP contribution in [0.1, 0.15) is 34.2 Å². The lowest BCUT2D eigenvalue weighted by atomic mass is 10.1. The smallest absolute Gasteiger partial charge is 0.339 e. The Balaban J connectivity index is 2.08. The number of likely N-dealkylation sites (N-methyl/N-ethyl adjacent to an activating group) is 1. The number of hydrogen-bond acceptors (Lipinski definition) is 5. The van der Waals surface area contributed by atoms with E-state index in [4.69, 9.17) is 4.74 Å². The molecule has 0 saturated carbocycles. The van der Waals surface area contributed by atoms with Crippen LogP contribution in [-0.4, -0.2) is 40.2 Å². The highest BCUT2D eigenvalue weighted by atomic mass is 32.2. The number of methoxy groups -OCH3 is 1. The van der Waals surface area contributed by atoms with Gasteiger partial charge in [0.2, 0.25) is 0 Å². The third-order valence-corrected chi connectivity index (χ3v) is 5.40. The molecule has 2 heterocycles. The molecule has 0 spiro atoms. The Morgan fingerprint density at radius 2 is 1.93 bits per heavy atom. The van der Waals surface area contributed by atoms with Gasteiger partial charge < -0.3 is 9.30 Å². The summed E-state index contributed by atoms with van der Waals surface area (Å²) in [5, 5.41) is -0.251. The average molecular weight is 384 g/mol. The van der Waals surface area contributed by atoms with Crippen molar-refractivity contribution in [2.75, 3.05) is 13.7 Å². The minimum Gasteiger partial charge on any atom is -0.465 e. The molecule has 0 atom stereocenters. The highest BCUT2D eigenvalue weighted by Gasteiger charge is 2.34. The fourth-order valence-corrected chi connectivity index (χ4v) is 4.06.